The molecule has 1 aromatic rings. The molecule has 0 aliphatic carbocycles. The number of nitrogens with zero attached hydrogens (tertiary/aromatic N) is 3. The Labute approximate surface area is 209 Å². The maximum absolute atomic E-state index is 14.6. The summed E-state index contributed by atoms with van der Waals surface area (Å²) in [4.78, 5) is 8.72. The van der Waals surface area contributed by atoms with Crippen molar-refractivity contribution in [1.29, 1.82) is 0 Å². The van der Waals surface area contributed by atoms with Crippen LogP contribution in [0.4, 0.5) is 10.1 Å². The molecule has 1 atom stereocenters. The van der Waals surface area contributed by atoms with Gasteiger partial charge >= 0.3 is 0 Å². The fourth-order valence-corrected chi connectivity index (χ4v) is 4.41. The molecule has 32 heavy (non-hydrogen) atoms. The molecular weight excluding hydrogens is 522 g/mol. The Kier molecular flexibility index (Phi) is 12.0. The number of rotatable bonds is 8. The largest absolute Gasteiger partial charge is 0.376 e. The average molecular weight is 563 g/mol. The zero-order chi connectivity index (χ0) is 22.1. The van der Waals surface area contributed by atoms with Gasteiger partial charge < -0.3 is 24.6 Å². The van der Waals surface area contributed by atoms with Crippen molar-refractivity contribution in [1.82, 2.24) is 10.2 Å². The lowest BCUT2D eigenvalue weighted by molar-refractivity contribution is -0.0721. The summed E-state index contributed by atoms with van der Waals surface area (Å²) in [5, 5.41) is 3.39. The highest BCUT2D eigenvalue weighted by molar-refractivity contribution is 14.0. The van der Waals surface area contributed by atoms with Crippen molar-refractivity contribution < 1.29 is 13.9 Å². The molecule has 3 rings (SSSR count). The van der Waals surface area contributed by atoms with Crippen LogP contribution in [-0.2, 0) is 16.0 Å². The van der Waals surface area contributed by atoms with Crippen LogP contribution in [-0.4, -0.2) is 69.5 Å². The molecule has 2 heterocycles. The van der Waals surface area contributed by atoms with E-state index in [1.54, 1.807) is 13.1 Å². The SMILES string of the molecule is CCN(CC)c1ccc(CNC(=NC)N2CCC(OCC3CCCCO3)CC2)cc1F.I. The molecular formula is C24H40FIN4O2. The number of hydrogen-bond donors (Lipinski definition) is 1. The Balaban J connectivity index is 0.00000363. The number of benzene rings is 1. The summed E-state index contributed by atoms with van der Waals surface area (Å²) in [5.41, 5.74) is 1.58. The summed E-state index contributed by atoms with van der Waals surface area (Å²) in [6.45, 7) is 9.63. The number of hydrogen-bond acceptors (Lipinski definition) is 4. The fraction of sp³-hybridized carbons (Fsp3) is 0.708. The first kappa shape index (κ1) is 27.1. The van der Waals surface area contributed by atoms with Crippen molar-refractivity contribution in [3.63, 3.8) is 0 Å². The Morgan fingerprint density at radius 2 is 1.97 bits per heavy atom. The smallest absolute Gasteiger partial charge is 0.193 e. The van der Waals surface area contributed by atoms with Crippen LogP contribution in [0.3, 0.4) is 0 Å². The second-order valence-corrected chi connectivity index (χ2v) is 8.37. The minimum atomic E-state index is -0.169. The first-order valence-electron chi connectivity index (χ1n) is 11.9. The second-order valence-electron chi connectivity index (χ2n) is 8.37. The highest BCUT2D eigenvalue weighted by Gasteiger charge is 2.23. The number of nitrogens with one attached hydrogen (secondary N) is 1. The van der Waals surface area contributed by atoms with Gasteiger partial charge in [0.25, 0.3) is 0 Å². The first-order chi connectivity index (χ1) is 15.1. The highest BCUT2D eigenvalue weighted by Crippen LogP contribution is 2.21. The molecule has 1 unspecified atom stereocenters. The Bertz CT molecular complexity index is 703. The van der Waals surface area contributed by atoms with Crippen LogP contribution >= 0.6 is 24.0 Å². The van der Waals surface area contributed by atoms with Gasteiger partial charge in [-0.25, -0.2) is 4.39 Å². The van der Waals surface area contributed by atoms with Gasteiger partial charge in [-0.05, 0) is 63.6 Å². The Hall–Kier alpha value is -1.13. The van der Waals surface area contributed by atoms with Crippen molar-refractivity contribution in [3.05, 3.63) is 29.6 Å². The van der Waals surface area contributed by atoms with Crippen LogP contribution in [0.2, 0.25) is 0 Å². The van der Waals surface area contributed by atoms with Gasteiger partial charge in [-0.1, -0.05) is 6.07 Å². The van der Waals surface area contributed by atoms with Crippen molar-refractivity contribution in [3.8, 4) is 0 Å². The summed E-state index contributed by atoms with van der Waals surface area (Å²) >= 11 is 0. The molecule has 0 spiro atoms. The van der Waals surface area contributed by atoms with Crippen molar-refractivity contribution in [2.75, 3.05) is 51.3 Å². The average Bonchev–Trinajstić information content (AvgIpc) is 2.81. The number of aliphatic imine (C=N–C) groups is 1. The first-order valence-corrected chi connectivity index (χ1v) is 11.9. The molecule has 0 bridgehead atoms. The minimum absolute atomic E-state index is 0. The third-order valence-electron chi connectivity index (χ3n) is 6.31. The van der Waals surface area contributed by atoms with Gasteiger partial charge in [0.05, 0.1) is 24.5 Å². The minimum Gasteiger partial charge on any atom is -0.376 e. The molecule has 6 nitrogen and oxygen atoms in total. The van der Waals surface area contributed by atoms with Crippen molar-refractivity contribution in [2.24, 2.45) is 4.99 Å². The van der Waals surface area contributed by atoms with E-state index >= 15 is 0 Å². The summed E-state index contributed by atoms with van der Waals surface area (Å²) in [7, 11) is 1.80. The van der Waals surface area contributed by atoms with E-state index < -0.39 is 0 Å². The number of ether oxygens (including phenoxy) is 2. The predicted molar refractivity (Wildman–Crippen MR) is 140 cm³/mol. The molecule has 1 N–H and O–H groups in total. The third-order valence-corrected chi connectivity index (χ3v) is 6.31. The third kappa shape index (κ3) is 7.73. The van der Waals surface area contributed by atoms with E-state index in [0.717, 1.165) is 63.6 Å². The normalized spacial score (nSPS) is 20.1. The van der Waals surface area contributed by atoms with E-state index in [1.807, 2.05) is 30.9 Å². The Morgan fingerprint density at radius 1 is 1.22 bits per heavy atom. The van der Waals surface area contributed by atoms with E-state index in [4.69, 9.17) is 9.47 Å². The zero-order valence-corrected chi connectivity index (χ0v) is 22.1. The summed E-state index contributed by atoms with van der Waals surface area (Å²) in [6.07, 6.45) is 6.08. The Morgan fingerprint density at radius 3 is 2.56 bits per heavy atom. The van der Waals surface area contributed by atoms with Gasteiger partial charge in [-0.15, -0.1) is 24.0 Å². The molecule has 0 aromatic heterocycles. The number of guanidine groups is 1. The van der Waals surface area contributed by atoms with Crippen molar-refractivity contribution >= 4 is 35.6 Å². The molecule has 0 amide bonds. The van der Waals surface area contributed by atoms with Gasteiger partial charge in [0.2, 0.25) is 0 Å². The summed E-state index contributed by atoms with van der Waals surface area (Å²) in [5.74, 6) is 0.695. The number of halogens is 2. The fourth-order valence-electron chi connectivity index (χ4n) is 4.41. The lowest BCUT2D eigenvalue weighted by Gasteiger charge is -2.35. The lowest BCUT2D eigenvalue weighted by Crippen LogP contribution is -2.47. The zero-order valence-electron chi connectivity index (χ0n) is 19.8. The number of likely N-dealkylation sites (tertiary alicyclic amines) is 1. The molecule has 2 aliphatic rings. The summed E-state index contributed by atoms with van der Waals surface area (Å²) < 4.78 is 26.4. The van der Waals surface area contributed by atoms with Crippen LogP contribution in [0.15, 0.2) is 23.2 Å². The highest BCUT2D eigenvalue weighted by atomic mass is 127. The molecule has 2 saturated heterocycles. The topological polar surface area (TPSA) is 49.3 Å². The van der Waals surface area contributed by atoms with Crippen LogP contribution in [0.25, 0.3) is 0 Å². The maximum atomic E-state index is 14.6. The molecule has 0 radical (unpaired) electrons. The van der Waals surface area contributed by atoms with Gasteiger partial charge in [-0.2, -0.15) is 0 Å². The van der Waals surface area contributed by atoms with Crippen molar-refractivity contribution in [2.45, 2.75) is 64.7 Å². The molecule has 2 aliphatic heterocycles. The maximum Gasteiger partial charge on any atom is 0.193 e. The van der Waals surface area contributed by atoms with Crippen LogP contribution in [0.5, 0.6) is 0 Å². The van der Waals surface area contributed by atoms with Gasteiger partial charge in [0, 0.05) is 46.4 Å². The second kappa shape index (κ2) is 14.2. The van der Waals surface area contributed by atoms with Gasteiger partial charge in [0.1, 0.15) is 5.82 Å². The van der Waals surface area contributed by atoms with E-state index in [9.17, 15) is 4.39 Å². The predicted octanol–water partition coefficient (Wildman–Crippen LogP) is 4.42. The molecule has 2 fully saturated rings. The van der Waals surface area contributed by atoms with E-state index in [0.29, 0.717) is 24.9 Å². The van der Waals surface area contributed by atoms with E-state index in [1.165, 1.54) is 12.8 Å². The molecule has 182 valence electrons. The summed E-state index contributed by atoms with van der Waals surface area (Å²) in [6, 6.07) is 5.49. The number of anilines is 1. The van der Waals surface area contributed by atoms with Crippen LogP contribution in [0, 0.1) is 5.82 Å². The van der Waals surface area contributed by atoms with E-state index in [-0.39, 0.29) is 35.9 Å². The molecule has 0 saturated carbocycles. The van der Waals surface area contributed by atoms with E-state index in [2.05, 4.69) is 15.2 Å². The molecule has 1 aromatic carbocycles. The van der Waals surface area contributed by atoms with Gasteiger partial charge in [0.15, 0.2) is 5.96 Å². The van der Waals surface area contributed by atoms with Crippen LogP contribution in [0.1, 0.15) is 51.5 Å². The monoisotopic (exact) mass is 562 g/mol. The standard InChI is InChI=1S/C24H39FN4O2.HI/c1-4-28(5-2)23-10-9-19(16-22(23)25)17-27-24(26-3)29-13-11-20(12-14-29)31-18-21-8-6-7-15-30-21;/h9-10,16,20-21H,4-8,11-15,17-18H2,1-3H3,(H,26,27);1H. The molecule has 8 heteroatoms. The lowest BCUT2D eigenvalue weighted by atomic mass is 10.1. The van der Waals surface area contributed by atoms with Gasteiger partial charge in [-0.3, -0.25) is 4.99 Å². The number of piperidine rings is 1. The quantitative estimate of drug-likeness (QED) is 0.289. The van der Waals surface area contributed by atoms with Crippen LogP contribution < -0.4 is 10.2 Å².